The summed E-state index contributed by atoms with van der Waals surface area (Å²) >= 11 is 0. The molecule has 10 heteroatoms. The number of amides is 1. The highest BCUT2D eigenvalue weighted by atomic mass is 19.4. The van der Waals surface area contributed by atoms with Crippen LogP contribution in [0, 0.1) is 23.7 Å². The Morgan fingerprint density at radius 2 is 2.00 bits per heavy atom. The molecule has 4 aliphatic rings. The van der Waals surface area contributed by atoms with Gasteiger partial charge < -0.3 is 20.5 Å². The summed E-state index contributed by atoms with van der Waals surface area (Å²) in [6, 6.07) is 0.0223. The zero-order valence-electron chi connectivity index (χ0n) is 18.6. The number of hydrogen-bond donors (Lipinski definition) is 3. The van der Waals surface area contributed by atoms with E-state index >= 15 is 0 Å². The molecule has 1 heterocycles. The van der Waals surface area contributed by atoms with Gasteiger partial charge in [0.05, 0.1) is 31.5 Å². The summed E-state index contributed by atoms with van der Waals surface area (Å²) in [6.45, 7) is 3.44. The second-order valence-electron chi connectivity index (χ2n) is 10.3. The van der Waals surface area contributed by atoms with Crippen LogP contribution < -0.4 is 15.4 Å². The topological polar surface area (TPSA) is 88.4 Å². The molecule has 0 spiro atoms. The molecule has 2 unspecified atom stereocenters. The van der Waals surface area contributed by atoms with Crippen LogP contribution in [0.3, 0.4) is 0 Å². The van der Waals surface area contributed by atoms with E-state index in [1.807, 2.05) is 13.8 Å². The van der Waals surface area contributed by atoms with Gasteiger partial charge in [0.15, 0.2) is 0 Å². The van der Waals surface area contributed by atoms with Crippen molar-refractivity contribution >= 4 is 5.91 Å². The second-order valence-corrected chi connectivity index (χ2v) is 10.3. The molecule has 1 amide bonds. The molecule has 4 aliphatic carbocycles. The molecule has 2 atom stereocenters. The summed E-state index contributed by atoms with van der Waals surface area (Å²) in [5, 5.41) is 20.5. The van der Waals surface area contributed by atoms with Crippen LogP contribution in [0.25, 0.3) is 0 Å². The average molecular weight is 459 g/mol. The first-order chi connectivity index (χ1) is 15.0. The van der Waals surface area contributed by atoms with Gasteiger partial charge >= 0.3 is 6.18 Å². The number of ether oxygens (including phenoxy) is 1. The molecule has 4 saturated carbocycles. The Bertz CT molecular complexity index is 810. The van der Waals surface area contributed by atoms with Crippen molar-refractivity contribution < 1.29 is 27.8 Å². The molecule has 3 N–H and O–H groups in total. The minimum absolute atomic E-state index is 0.0223. The summed E-state index contributed by atoms with van der Waals surface area (Å²) in [5.41, 5.74) is -0.272. The van der Waals surface area contributed by atoms with Crippen molar-refractivity contribution in [3.8, 4) is 5.88 Å². The number of halogens is 3. The molecular formula is C22H33F3N4O3. The predicted molar refractivity (Wildman–Crippen MR) is 111 cm³/mol. The number of aromatic nitrogens is 2. The van der Waals surface area contributed by atoms with E-state index in [1.165, 1.54) is 10.9 Å². The van der Waals surface area contributed by atoms with E-state index in [0.717, 1.165) is 32.1 Å². The van der Waals surface area contributed by atoms with Crippen molar-refractivity contribution in [2.45, 2.75) is 70.3 Å². The van der Waals surface area contributed by atoms with Crippen molar-refractivity contribution in [1.82, 2.24) is 20.4 Å². The third-order valence-electron chi connectivity index (χ3n) is 6.95. The van der Waals surface area contributed by atoms with Gasteiger partial charge in [0.25, 0.3) is 5.91 Å². The van der Waals surface area contributed by atoms with Gasteiger partial charge in [-0.05, 0) is 55.8 Å². The fraction of sp³-hybridized carbons (Fsp3) is 0.818. The number of nitrogens with one attached hydrogen (secondary N) is 2. The lowest BCUT2D eigenvalue weighted by Gasteiger charge is -2.58. The van der Waals surface area contributed by atoms with E-state index in [9.17, 15) is 23.1 Å². The first-order valence-corrected chi connectivity index (χ1v) is 11.5. The molecule has 32 heavy (non-hydrogen) atoms. The van der Waals surface area contributed by atoms with E-state index < -0.39 is 18.3 Å². The molecule has 180 valence electrons. The molecule has 5 rings (SSSR count). The smallest absolute Gasteiger partial charge is 0.401 e. The fourth-order valence-corrected chi connectivity index (χ4v) is 5.95. The number of aliphatic hydroxyl groups is 1. The Morgan fingerprint density at radius 1 is 1.31 bits per heavy atom. The van der Waals surface area contributed by atoms with Crippen molar-refractivity contribution in [3.63, 3.8) is 0 Å². The average Bonchev–Trinajstić information content (AvgIpc) is 3.07. The second kappa shape index (κ2) is 8.85. The largest absolute Gasteiger partial charge is 0.477 e. The minimum atomic E-state index is -4.28. The Morgan fingerprint density at radius 3 is 2.59 bits per heavy atom. The standard InChI is InChI=1S/C22H33F3N4O3/c1-13(2)11-32-20-17(10-27-29(20)4-3-26-12-22(23,24)25)19(30)28-18-15-5-14-6-16(18)9-21(31,7-14)8-15/h10,13-16,18,26,31H,3-9,11-12H2,1-2H3,(H,28,30)/t14?,15?,16?,18-,21-. The first-order valence-electron chi connectivity index (χ1n) is 11.5. The normalized spacial score (nSPS) is 31.3. The number of nitrogens with zero attached hydrogens (tertiary/aromatic N) is 2. The fourth-order valence-electron chi connectivity index (χ4n) is 5.95. The summed E-state index contributed by atoms with van der Waals surface area (Å²) < 4.78 is 44.4. The third-order valence-corrected chi connectivity index (χ3v) is 6.95. The lowest BCUT2D eigenvalue weighted by Crippen LogP contribution is -2.61. The van der Waals surface area contributed by atoms with Gasteiger partial charge in [-0.15, -0.1) is 0 Å². The van der Waals surface area contributed by atoms with Crippen LogP contribution in [0.4, 0.5) is 13.2 Å². The lowest BCUT2D eigenvalue weighted by atomic mass is 9.52. The van der Waals surface area contributed by atoms with Gasteiger partial charge in [0, 0.05) is 12.6 Å². The lowest BCUT2D eigenvalue weighted by molar-refractivity contribution is -0.137. The molecule has 0 radical (unpaired) electrons. The monoisotopic (exact) mass is 458 g/mol. The molecule has 7 nitrogen and oxygen atoms in total. The van der Waals surface area contributed by atoms with Gasteiger partial charge in [-0.25, -0.2) is 4.68 Å². The van der Waals surface area contributed by atoms with Gasteiger partial charge in [-0.1, -0.05) is 13.8 Å². The van der Waals surface area contributed by atoms with Crippen LogP contribution in [0.1, 0.15) is 56.3 Å². The minimum Gasteiger partial charge on any atom is -0.477 e. The number of carbonyl (C=O) groups is 1. The van der Waals surface area contributed by atoms with E-state index in [4.69, 9.17) is 4.74 Å². The van der Waals surface area contributed by atoms with Crippen molar-refractivity contribution in [2.24, 2.45) is 23.7 Å². The molecule has 0 saturated heterocycles. The summed E-state index contributed by atoms with van der Waals surface area (Å²) in [7, 11) is 0. The number of rotatable bonds is 9. The van der Waals surface area contributed by atoms with Crippen molar-refractivity contribution in [1.29, 1.82) is 0 Å². The molecule has 1 aromatic rings. The van der Waals surface area contributed by atoms with Crippen molar-refractivity contribution in [3.05, 3.63) is 11.8 Å². The summed E-state index contributed by atoms with van der Waals surface area (Å²) in [4.78, 5) is 13.2. The highest BCUT2D eigenvalue weighted by Gasteiger charge is 2.55. The van der Waals surface area contributed by atoms with Gasteiger partial charge in [-0.2, -0.15) is 18.3 Å². The van der Waals surface area contributed by atoms with Crippen LogP contribution in [0.15, 0.2) is 6.20 Å². The maximum atomic E-state index is 13.2. The van der Waals surface area contributed by atoms with Gasteiger partial charge in [0.1, 0.15) is 5.56 Å². The third kappa shape index (κ3) is 5.22. The Hall–Kier alpha value is -1.81. The van der Waals surface area contributed by atoms with E-state index in [0.29, 0.717) is 18.1 Å². The maximum Gasteiger partial charge on any atom is 0.401 e. The Balaban J connectivity index is 1.43. The molecule has 4 fully saturated rings. The highest BCUT2D eigenvalue weighted by Crippen LogP contribution is 2.55. The van der Waals surface area contributed by atoms with Gasteiger partial charge in [-0.3, -0.25) is 4.79 Å². The Labute approximate surface area is 186 Å². The quantitative estimate of drug-likeness (QED) is 0.496. The summed E-state index contributed by atoms with van der Waals surface area (Å²) in [5.74, 6) is 1.31. The van der Waals surface area contributed by atoms with Crippen LogP contribution in [0.5, 0.6) is 5.88 Å². The van der Waals surface area contributed by atoms with Crippen LogP contribution >= 0.6 is 0 Å². The SMILES string of the molecule is CC(C)COc1c(C(=O)N[C@H]2C3CC4CC2C[C@](O)(C4)C3)cnn1CCNCC(F)(F)F. The maximum absolute atomic E-state index is 13.2. The highest BCUT2D eigenvalue weighted by molar-refractivity contribution is 5.96. The molecule has 0 aliphatic heterocycles. The Kier molecular flexibility index (Phi) is 6.46. The molecule has 1 aromatic heterocycles. The van der Waals surface area contributed by atoms with Crippen LogP contribution in [-0.2, 0) is 6.54 Å². The van der Waals surface area contributed by atoms with E-state index in [2.05, 4.69) is 15.7 Å². The number of carbonyl (C=O) groups excluding carboxylic acids is 1. The van der Waals surface area contributed by atoms with Crippen molar-refractivity contribution in [2.75, 3.05) is 19.7 Å². The number of alkyl halides is 3. The van der Waals surface area contributed by atoms with Crippen LogP contribution in [-0.4, -0.2) is 58.3 Å². The predicted octanol–water partition coefficient (Wildman–Crippen LogP) is 2.74. The molecule has 4 bridgehead atoms. The zero-order chi connectivity index (χ0) is 23.1. The molecular weight excluding hydrogens is 425 g/mol. The van der Waals surface area contributed by atoms with Crippen LogP contribution in [0.2, 0.25) is 0 Å². The zero-order valence-corrected chi connectivity index (χ0v) is 18.6. The van der Waals surface area contributed by atoms with E-state index in [-0.39, 0.29) is 48.7 Å². The van der Waals surface area contributed by atoms with Gasteiger partial charge in [0.2, 0.25) is 5.88 Å². The molecule has 0 aromatic carbocycles. The first kappa shape index (κ1) is 23.4. The van der Waals surface area contributed by atoms with E-state index in [1.54, 1.807) is 0 Å². The number of hydrogen-bond acceptors (Lipinski definition) is 5. The summed E-state index contributed by atoms with van der Waals surface area (Å²) in [6.07, 6.45) is 1.55.